The van der Waals surface area contributed by atoms with Gasteiger partial charge in [-0.25, -0.2) is 0 Å². The first-order valence-corrected chi connectivity index (χ1v) is 6.88. The van der Waals surface area contributed by atoms with Gasteiger partial charge in [-0.2, -0.15) is 5.10 Å². The van der Waals surface area contributed by atoms with Crippen LogP contribution in [0.2, 0.25) is 0 Å². The Kier molecular flexibility index (Phi) is 3.68. The third-order valence-corrected chi connectivity index (χ3v) is 3.34. The molecule has 0 atom stereocenters. The van der Waals surface area contributed by atoms with Crippen molar-refractivity contribution in [1.29, 1.82) is 0 Å². The number of benzene rings is 1. The number of anilines is 1. The van der Waals surface area contributed by atoms with Gasteiger partial charge in [0.15, 0.2) is 0 Å². The van der Waals surface area contributed by atoms with Gasteiger partial charge in [0.05, 0.1) is 6.20 Å². The van der Waals surface area contributed by atoms with Crippen LogP contribution in [-0.4, -0.2) is 20.0 Å². The normalized spacial score (nSPS) is 10.8. The van der Waals surface area contributed by atoms with E-state index in [0.717, 1.165) is 29.9 Å². The minimum Gasteiger partial charge on any atom is -0.423 e. The van der Waals surface area contributed by atoms with E-state index in [1.165, 1.54) is 12.0 Å². The molecule has 0 aliphatic heterocycles. The van der Waals surface area contributed by atoms with Gasteiger partial charge >= 0.3 is 0 Å². The van der Waals surface area contributed by atoms with Crippen molar-refractivity contribution in [1.82, 2.24) is 20.0 Å². The molecule has 2 heterocycles. The number of nitrogens with one attached hydrogen (secondary N) is 1. The lowest BCUT2D eigenvalue weighted by Gasteiger charge is -2.09. The lowest BCUT2D eigenvalue weighted by atomic mass is 10.1. The molecule has 0 saturated heterocycles. The highest BCUT2D eigenvalue weighted by atomic mass is 16.4. The molecule has 21 heavy (non-hydrogen) atoms. The summed E-state index contributed by atoms with van der Waals surface area (Å²) in [7, 11) is 0. The fourth-order valence-electron chi connectivity index (χ4n) is 2.11. The van der Waals surface area contributed by atoms with Crippen molar-refractivity contribution < 1.29 is 4.42 Å². The van der Waals surface area contributed by atoms with Crippen LogP contribution in [0.1, 0.15) is 18.1 Å². The fourth-order valence-corrected chi connectivity index (χ4v) is 2.11. The number of aromatic nitrogens is 4. The highest BCUT2D eigenvalue weighted by Gasteiger charge is 2.07. The molecule has 0 amide bonds. The van der Waals surface area contributed by atoms with E-state index in [9.17, 15) is 0 Å². The van der Waals surface area contributed by atoms with Gasteiger partial charge in [-0.3, -0.25) is 4.68 Å². The minimum absolute atomic E-state index is 0.525. The van der Waals surface area contributed by atoms with Crippen molar-refractivity contribution in [3.05, 3.63) is 48.1 Å². The van der Waals surface area contributed by atoms with Gasteiger partial charge in [0, 0.05) is 36.1 Å². The number of rotatable bonds is 5. The van der Waals surface area contributed by atoms with Gasteiger partial charge in [0.2, 0.25) is 12.3 Å². The maximum Gasteiger partial charge on any atom is 0.247 e. The van der Waals surface area contributed by atoms with E-state index < -0.39 is 0 Å². The van der Waals surface area contributed by atoms with Crippen LogP contribution >= 0.6 is 0 Å². The van der Waals surface area contributed by atoms with Crippen LogP contribution in [0.3, 0.4) is 0 Å². The zero-order valence-corrected chi connectivity index (χ0v) is 12.1. The molecule has 3 rings (SSSR count). The topological polar surface area (TPSA) is 68.8 Å². The summed E-state index contributed by atoms with van der Waals surface area (Å²) in [6.07, 6.45) is 5.26. The van der Waals surface area contributed by atoms with Gasteiger partial charge in [-0.1, -0.05) is 6.07 Å². The van der Waals surface area contributed by atoms with Crippen LogP contribution in [-0.2, 0) is 13.1 Å². The summed E-state index contributed by atoms with van der Waals surface area (Å²) in [6.45, 7) is 5.75. The van der Waals surface area contributed by atoms with Crippen LogP contribution in [0.5, 0.6) is 0 Å². The van der Waals surface area contributed by atoms with E-state index >= 15 is 0 Å². The van der Waals surface area contributed by atoms with Crippen LogP contribution in [0.15, 0.2) is 41.4 Å². The summed E-state index contributed by atoms with van der Waals surface area (Å²) in [4.78, 5) is 0. The zero-order valence-electron chi connectivity index (χ0n) is 12.1. The molecule has 0 saturated carbocycles. The van der Waals surface area contributed by atoms with Gasteiger partial charge in [-0.05, 0) is 31.5 Å². The molecule has 0 bridgehead atoms. The first-order valence-electron chi connectivity index (χ1n) is 6.88. The molecule has 0 radical (unpaired) electrons. The number of aryl methyl sites for hydroxylation is 2. The lowest BCUT2D eigenvalue weighted by molar-refractivity contribution is 0.568. The first-order chi connectivity index (χ1) is 10.3. The average Bonchev–Trinajstić information content (AvgIpc) is 3.18. The van der Waals surface area contributed by atoms with Crippen LogP contribution < -0.4 is 5.32 Å². The number of hydrogen-bond acceptors (Lipinski definition) is 5. The molecular formula is C15H17N5O. The van der Waals surface area contributed by atoms with Crippen LogP contribution in [0.25, 0.3) is 11.5 Å². The third-order valence-electron chi connectivity index (χ3n) is 3.34. The van der Waals surface area contributed by atoms with Gasteiger partial charge in [0.25, 0.3) is 0 Å². The summed E-state index contributed by atoms with van der Waals surface area (Å²) in [5.41, 5.74) is 4.28. The molecule has 1 N–H and O–H groups in total. The predicted octanol–water partition coefficient (Wildman–Crippen LogP) is 2.87. The monoisotopic (exact) mass is 283 g/mol. The minimum atomic E-state index is 0.525. The highest BCUT2D eigenvalue weighted by Crippen LogP contribution is 2.24. The number of nitrogens with zero attached hydrogens (tertiary/aromatic N) is 4. The Hall–Kier alpha value is -2.63. The van der Waals surface area contributed by atoms with Crippen molar-refractivity contribution in [3.8, 4) is 11.5 Å². The van der Waals surface area contributed by atoms with Crippen LogP contribution in [0, 0.1) is 6.92 Å². The SMILES string of the molecule is CCn1cc(CNc2cc(-c3nnco3)ccc2C)cn1. The maximum absolute atomic E-state index is 5.23. The highest BCUT2D eigenvalue weighted by molar-refractivity contribution is 5.64. The predicted molar refractivity (Wildman–Crippen MR) is 79.7 cm³/mol. The molecule has 3 aromatic rings. The maximum atomic E-state index is 5.23. The molecule has 0 aliphatic rings. The average molecular weight is 283 g/mol. The molecule has 0 unspecified atom stereocenters. The zero-order chi connectivity index (χ0) is 14.7. The summed E-state index contributed by atoms with van der Waals surface area (Å²) in [5.74, 6) is 0.525. The second kappa shape index (κ2) is 5.78. The smallest absolute Gasteiger partial charge is 0.247 e. The Morgan fingerprint density at radius 2 is 2.24 bits per heavy atom. The molecule has 0 aliphatic carbocycles. The van der Waals surface area contributed by atoms with E-state index in [1.54, 1.807) is 0 Å². The molecule has 0 fully saturated rings. The molecule has 1 aromatic carbocycles. The molecule has 108 valence electrons. The van der Waals surface area contributed by atoms with E-state index in [-0.39, 0.29) is 0 Å². The van der Waals surface area contributed by atoms with E-state index in [1.807, 2.05) is 35.3 Å². The second-order valence-corrected chi connectivity index (χ2v) is 4.83. The van der Waals surface area contributed by atoms with Crippen molar-refractivity contribution in [2.24, 2.45) is 0 Å². The summed E-state index contributed by atoms with van der Waals surface area (Å²) in [6, 6.07) is 6.04. The Morgan fingerprint density at radius 1 is 1.33 bits per heavy atom. The van der Waals surface area contributed by atoms with E-state index in [2.05, 4.69) is 34.5 Å². The van der Waals surface area contributed by atoms with Crippen molar-refractivity contribution in [2.45, 2.75) is 26.9 Å². The quantitative estimate of drug-likeness (QED) is 0.779. The van der Waals surface area contributed by atoms with Crippen LogP contribution in [0.4, 0.5) is 5.69 Å². The Labute approximate surface area is 122 Å². The van der Waals surface area contributed by atoms with Gasteiger partial charge in [-0.15, -0.1) is 10.2 Å². The molecular weight excluding hydrogens is 266 g/mol. The molecule has 0 spiro atoms. The van der Waals surface area contributed by atoms with E-state index in [4.69, 9.17) is 4.42 Å². The Bertz CT molecular complexity index is 718. The van der Waals surface area contributed by atoms with Crippen molar-refractivity contribution in [2.75, 3.05) is 5.32 Å². The number of hydrogen-bond donors (Lipinski definition) is 1. The fraction of sp³-hybridized carbons (Fsp3) is 0.267. The summed E-state index contributed by atoms with van der Waals surface area (Å²) in [5, 5.41) is 15.3. The van der Waals surface area contributed by atoms with Crippen molar-refractivity contribution >= 4 is 5.69 Å². The molecule has 6 nitrogen and oxygen atoms in total. The van der Waals surface area contributed by atoms with Crippen molar-refractivity contribution in [3.63, 3.8) is 0 Å². The first kappa shape index (κ1) is 13.4. The second-order valence-electron chi connectivity index (χ2n) is 4.83. The standard InChI is InChI=1S/C15H17N5O/c1-3-20-9-12(8-18-20)7-16-14-6-13(5-4-11(14)2)15-19-17-10-21-15/h4-6,8-10,16H,3,7H2,1-2H3. The van der Waals surface area contributed by atoms with E-state index in [0.29, 0.717) is 5.89 Å². The third kappa shape index (κ3) is 2.94. The Morgan fingerprint density at radius 3 is 2.95 bits per heavy atom. The van der Waals surface area contributed by atoms with Gasteiger partial charge in [0.1, 0.15) is 0 Å². The molecule has 6 heteroatoms. The van der Waals surface area contributed by atoms with Gasteiger partial charge < -0.3 is 9.73 Å². The summed E-state index contributed by atoms with van der Waals surface area (Å²) >= 11 is 0. The molecule has 2 aromatic heterocycles. The Balaban J connectivity index is 1.76. The lowest BCUT2D eigenvalue weighted by Crippen LogP contribution is -2.01. The largest absolute Gasteiger partial charge is 0.423 e. The summed E-state index contributed by atoms with van der Waals surface area (Å²) < 4.78 is 7.15.